The van der Waals surface area contributed by atoms with Gasteiger partial charge < -0.3 is 5.73 Å². The summed E-state index contributed by atoms with van der Waals surface area (Å²) in [5, 5.41) is 0. The molecule has 1 nitrogen and oxygen atoms in total. The number of hydrogen-bond donors (Lipinski definition) is 1. The molecule has 0 aromatic heterocycles. The lowest BCUT2D eigenvalue weighted by molar-refractivity contribution is 0.620. The second-order valence-corrected chi connectivity index (χ2v) is 6.32. The summed E-state index contributed by atoms with van der Waals surface area (Å²) in [5.74, 6) is -0.237. The fourth-order valence-electron chi connectivity index (χ4n) is 2.86. The standard InChI is InChI=1S/C17H19BrFN/c1-10-4-11(2)17(12(3)5-10)16(20)8-13-6-14(18)9-15(19)7-13/h4-7,9,16H,8,20H2,1-3H3. The van der Waals surface area contributed by atoms with E-state index in [1.807, 2.05) is 6.07 Å². The Labute approximate surface area is 128 Å². The Bertz CT molecular complexity index is 594. The fourth-order valence-corrected chi connectivity index (χ4v) is 3.37. The van der Waals surface area contributed by atoms with E-state index in [0.29, 0.717) is 6.42 Å². The van der Waals surface area contributed by atoms with Gasteiger partial charge in [0.15, 0.2) is 0 Å². The van der Waals surface area contributed by atoms with Crippen LogP contribution in [0.1, 0.15) is 33.9 Å². The Balaban J connectivity index is 2.30. The van der Waals surface area contributed by atoms with Crippen LogP contribution in [0.3, 0.4) is 0 Å². The largest absolute Gasteiger partial charge is 0.324 e. The van der Waals surface area contributed by atoms with Crippen LogP contribution in [0.2, 0.25) is 0 Å². The van der Waals surface area contributed by atoms with Gasteiger partial charge in [-0.25, -0.2) is 4.39 Å². The summed E-state index contributed by atoms with van der Waals surface area (Å²) in [5.41, 5.74) is 12.0. The molecule has 1 unspecified atom stereocenters. The molecule has 0 saturated carbocycles. The first-order valence-electron chi connectivity index (χ1n) is 6.65. The van der Waals surface area contributed by atoms with Gasteiger partial charge in [0, 0.05) is 10.5 Å². The highest BCUT2D eigenvalue weighted by atomic mass is 79.9. The molecular weight excluding hydrogens is 317 g/mol. The Morgan fingerprint density at radius 1 is 1.05 bits per heavy atom. The van der Waals surface area contributed by atoms with Crippen molar-refractivity contribution in [2.75, 3.05) is 0 Å². The Morgan fingerprint density at radius 3 is 2.20 bits per heavy atom. The first kappa shape index (κ1) is 15.2. The van der Waals surface area contributed by atoms with Gasteiger partial charge in [0.05, 0.1) is 0 Å². The van der Waals surface area contributed by atoms with E-state index in [4.69, 9.17) is 5.73 Å². The summed E-state index contributed by atoms with van der Waals surface area (Å²) in [4.78, 5) is 0. The molecule has 0 saturated heterocycles. The second-order valence-electron chi connectivity index (χ2n) is 5.40. The molecule has 0 aliphatic heterocycles. The molecule has 2 rings (SSSR count). The molecule has 2 aromatic carbocycles. The average Bonchev–Trinajstić information content (AvgIpc) is 2.25. The first-order valence-corrected chi connectivity index (χ1v) is 7.44. The van der Waals surface area contributed by atoms with E-state index in [1.54, 1.807) is 6.07 Å². The predicted molar refractivity (Wildman–Crippen MR) is 85.4 cm³/mol. The highest BCUT2D eigenvalue weighted by Crippen LogP contribution is 2.26. The summed E-state index contributed by atoms with van der Waals surface area (Å²) < 4.78 is 14.2. The smallest absolute Gasteiger partial charge is 0.124 e. The molecule has 0 aliphatic rings. The van der Waals surface area contributed by atoms with E-state index >= 15 is 0 Å². The summed E-state index contributed by atoms with van der Waals surface area (Å²) in [6.07, 6.45) is 0.626. The van der Waals surface area contributed by atoms with Gasteiger partial charge in [-0.15, -0.1) is 0 Å². The zero-order chi connectivity index (χ0) is 14.9. The zero-order valence-electron chi connectivity index (χ0n) is 12.0. The third-order valence-corrected chi connectivity index (χ3v) is 3.94. The minimum atomic E-state index is -0.237. The molecule has 106 valence electrons. The lowest BCUT2D eigenvalue weighted by atomic mass is 9.91. The van der Waals surface area contributed by atoms with E-state index in [2.05, 4.69) is 48.8 Å². The van der Waals surface area contributed by atoms with Crippen LogP contribution >= 0.6 is 15.9 Å². The Kier molecular flexibility index (Phi) is 4.61. The van der Waals surface area contributed by atoms with Crippen LogP contribution in [0, 0.1) is 26.6 Å². The molecule has 0 spiro atoms. The lowest BCUT2D eigenvalue weighted by Gasteiger charge is -2.19. The van der Waals surface area contributed by atoms with E-state index < -0.39 is 0 Å². The molecule has 0 heterocycles. The van der Waals surface area contributed by atoms with Gasteiger partial charge in [0.2, 0.25) is 0 Å². The van der Waals surface area contributed by atoms with Crippen LogP contribution in [-0.2, 0) is 6.42 Å². The molecule has 0 bridgehead atoms. The lowest BCUT2D eigenvalue weighted by Crippen LogP contribution is -2.16. The Hall–Kier alpha value is -1.19. The van der Waals surface area contributed by atoms with Crippen molar-refractivity contribution in [1.82, 2.24) is 0 Å². The number of halogens is 2. The van der Waals surface area contributed by atoms with Gasteiger partial charge in [-0.1, -0.05) is 33.6 Å². The van der Waals surface area contributed by atoms with Gasteiger partial charge in [-0.2, -0.15) is 0 Å². The van der Waals surface area contributed by atoms with Crippen LogP contribution in [0.25, 0.3) is 0 Å². The van der Waals surface area contributed by atoms with E-state index in [0.717, 1.165) is 15.6 Å². The van der Waals surface area contributed by atoms with Crippen molar-refractivity contribution in [2.24, 2.45) is 5.73 Å². The Morgan fingerprint density at radius 2 is 1.65 bits per heavy atom. The molecule has 0 aliphatic carbocycles. The third kappa shape index (κ3) is 3.47. The molecule has 3 heteroatoms. The quantitative estimate of drug-likeness (QED) is 0.860. The van der Waals surface area contributed by atoms with E-state index in [1.165, 1.54) is 22.8 Å². The molecular formula is C17H19BrFN. The van der Waals surface area contributed by atoms with Gasteiger partial charge in [-0.3, -0.25) is 0 Å². The molecule has 2 N–H and O–H groups in total. The van der Waals surface area contributed by atoms with Gasteiger partial charge in [0.25, 0.3) is 0 Å². The third-order valence-electron chi connectivity index (χ3n) is 3.49. The van der Waals surface area contributed by atoms with Crippen LogP contribution in [0.5, 0.6) is 0 Å². The minimum absolute atomic E-state index is 0.121. The van der Waals surface area contributed by atoms with Crippen molar-refractivity contribution < 1.29 is 4.39 Å². The SMILES string of the molecule is Cc1cc(C)c(C(N)Cc2cc(F)cc(Br)c2)c(C)c1. The van der Waals surface area contributed by atoms with Crippen LogP contribution in [-0.4, -0.2) is 0 Å². The molecule has 0 radical (unpaired) electrons. The summed E-state index contributed by atoms with van der Waals surface area (Å²) in [6, 6.07) is 9.08. The van der Waals surface area contributed by atoms with Gasteiger partial charge in [0.1, 0.15) is 5.82 Å². The van der Waals surface area contributed by atoms with Crippen molar-refractivity contribution >= 4 is 15.9 Å². The van der Waals surface area contributed by atoms with Crippen LogP contribution < -0.4 is 5.73 Å². The first-order chi connectivity index (χ1) is 9.36. The topological polar surface area (TPSA) is 26.0 Å². The molecule has 2 aromatic rings. The van der Waals surface area contributed by atoms with Gasteiger partial charge >= 0.3 is 0 Å². The molecule has 0 amide bonds. The monoisotopic (exact) mass is 335 g/mol. The van der Waals surface area contributed by atoms with Crippen molar-refractivity contribution in [1.29, 1.82) is 0 Å². The van der Waals surface area contributed by atoms with Crippen LogP contribution in [0.15, 0.2) is 34.8 Å². The normalized spacial score (nSPS) is 12.5. The van der Waals surface area contributed by atoms with E-state index in [9.17, 15) is 4.39 Å². The molecule has 20 heavy (non-hydrogen) atoms. The van der Waals surface area contributed by atoms with Gasteiger partial charge in [-0.05, 0) is 67.6 Å². The number of rotatable bonds is 3. The maximum Gasteiger partial charge on any atom is 0.124 e. The number of benzene rings is 2. The number of nitrogens with two attached hydrogens (primary N) is 1. The van der Waals surface area contributed by atoms with Crippen molar-refractivity contribution in [3.05, 3.63) is 68.4 Å². The summed E-state index contributed by atoms with van der Waals surface area (Å²) in [6.45, 7) is 6.24. The number of hydrogen-bond acceptors (Lipinski definition) is 1. The fraction of sp³-hybridized carbons (Fsp3) is 0.294. The maximum absolute atomic E-state index is 13.4. The van der Waals surface area contributed by atoms with Crippen molar-refractivity contribution in [2.45, 2.75) is 33.2 Å². The molecule has 0 fully saturated rings. The zero-order valence-corrected chi connectivity index (χ0v) is 13.6. The number of aryl methyl sites for hydroxylation is 3. The van der Waals surface area contributed by atoms with E-state index in [-0.39, 0.29) is 11.9 Å². The average molecular weight is 336 g/mol. The van der Waals surface area contributed by atoms with Crippen LogP contribution in [0.4, 0.5) is 4.39 Å². The van der Waals surface area contributed by atoms with Crippen molar-refractivity contribution in [3.63, 3.8) is 0 Å². The summed E-state index contributed by atoms with van der Waals surface area (Å²) in [7, 11) is 0. The highest BCUT2D eigenvalue weighted by molar-refractivity contribution is 9.10. The highest BCUT2D eigenvalue weighted by Gasteiger charge is 2.14. The molecule has 1 atom stereocenters. The second kappa shape index (κ2) is 6.06. The summed E-state index contributed by atoms with van der Waals surface area (Å²) >= 11 is 3.32. The predicted octanol–water partition coefficient (Wildman–Crippen LogP) is 4.76. The van der Waals surface area contributed by atoms with Crippen molar-refractivity contribution in [3.8, 4) is 0 Å². The minimum Gasteiger partial charge on any atom is -0.324 e. The maximum atomic E-state index is 13.4.